The highest BCUT2D eigenvalue weighted by Crippen LogP contribution is 2.26. The van der Waals surface area contributed by atoms with E-state index in [2.05, 4.69) is 5.32 Å². The van der Waals surface area contributed by atoms with Gasteiger partial charge in [0.1, 0.15) is 18.0 Å². The summed E-state index contributed by atoms with van der Waals surface area (Å²) < 4.78 is 5.65. The molecule has 0 fully saturated rings. The van der Waals surface area contributed by atoms with E-state index in [4.69, 9.17) is 4.74 Å². The van der Waals surface area contributed by atoms with Crippen LogP contribution in [0.5, 0.6) is 5.75 Å². The Labute approximate surface area is 127 Å². The molecule has 2 rings (SSSR count). The maximum absolute atomic E-state index is 11.0. The van der Waals surface area contributed by atoms with E-state index in [0.29, 0.717) is 12.3 Å². The molecule has 0 heterocycles. The summed E-state index contributed by atoms with van der Waals surface area (Å²) in [5.41, 5.74) is 1.30. The molecular formula is C15H16N2O3S. The van der Waals surface area contributed by atoms with Gasteiger partial charge in [-0.05, 0) is 42.2 Å². The van der Waals surface area contributed by atoms with Gasteiger partial charge >= 0.3 is 0 Å². The van der Waals surface area contributed by atoms with Crippen molar-refractivity contribution in [3.05, 3.63) is 58.1 Å². The number of nitrogens with one attached hydrogen (secondary N) is 1. The third-order valence-electron chi connectivity index (χ3n) is 2.99. The molecule has 0 radical (unpaired) electrons. The Morgan fingerprint density at radius 3 is 2.52 bits per heavy atom. The third kappa shape index (κ3) is 3.88. The number of hydrogen-bond donors (Lipinski definition) is 1. The Kier molecular flexibility index (Phi) is 5.05. The number of thioether (sulfide) groups is 1. The Morgan fingerprint density at radius 1 is 1.24 bits per heavy atom. The Morgan fingerprint density at radius 2 is 1.95 bits per heavy atom. The van der Waals surface area contributed by atoms with Crippen LogP contribution in [-0.2, 0) is 6.61 Å². The lowest BCUT2D eigenvalue weighted by Crippen LogP contribution is -2.00. The second-order valence-electron chi connectivity index (χ2n) is 4.32. The zero-order valence-electron chi connectivity index (χ0n) is 11.8. The molecule has 0 amide bonds. The van der Waals surface area contributed by atoms with Gasteiger partial charge in [-0.15, -0.1) is 11.8 Å². The molecule has 0 aliphatic carbocycles. The first-order chi connectivity index (χ1) is 10.1. The first-order valence-electron chi connectivity index (χ1n) is 6.36. The van der Waals surface area contributed by atoms with Crippen molar-refractivity contribution in [2.45, 2.75) is 11.5 Å². The SMILES string of the molecule is CNc1ccc(COc2ccc(SC)cc2)cc1[N+](=O)[O-]. The highest BCUT2D eigenvalue weighted by Gasteiger charge is 2.13. The van der Waals surface area contributed by atoms with Crippen molar-refractivity contribution >= 4 is 23.1 Å². The molecule has 2 aromatic rings. The average Bonchev–Trinajstić information content (AvgIpc) is 2.53. The van der Waals surface area contributed by atoms with Gasteiger partial charge in [0.15, 0.2) is 0 Å². The normalized spacial score (nSPS) is 10.2. The van der Waals surface area contributed by atoms with E-state index >= 15 is 0 Å². The molecule has 0 saturated carbocycles. The van der Waals surface area contributed by atoms with Gasteiger partial charge in [0, 0.05) is 18.0 Å². The van der Waals surface area contributed by atoms with Crippen LogP contribution in [0, 0.1) is 10.1 Å². The number of ether oxygens (including phenoxy) is 1. The predicted octanol–water partition coefficient (Wildman–Crippen LogP) is 3.94. The summed E-state index contributed by atoms with van der Waals surface area (Å²) in [7, 11) is 1.66. The molecule has 1 N–H and O–H groups in total. The Balaban J connectivity index is 2.08. The Hall–Kier alpha value is -2.21. The number of hydrogen-bond acceptors (Lipinski definition) is 5. The van der Waals surface area contributed by atoms with Crippen LogP contribution < -0.4 is 10.1 Å². The molecular weight excluding hydrogens is 288 g/mol. The van der Waals surface area contributed by atoms with E-state index in [0.717, 1.165) is 16.2 Å². The fourth-order valence-corrected chi connectivity index (χ4v) is 2.28. The monoisotopic (exact) mass is 304 g/mol. The molecule has 110 valence electrons. The third-order valence-corrected chi connectivity index (χ3v) is 3.74. The molecule has 21 heavy (non-hydrogen) atoms. The lowest BCUT2D eigenvalue weighted by molar-refractivity contribution is -0.384. The Bertz CT molecular complexity index is 629. The van der Waals surface area contributed by atoms with Crippen LogP contribution in [0.15, 0.2) is 47.4 Å². The van der Waals surface area contributed by atoms with Crippen molar-refractivity contribution in [3.63, 3.8) is 0 Å². The molecule has 0 atom stereocenters. The number of rotatable bonds is 6. The summed E-state index contributed by atoms with van der Waals surface area (Å²) in [5, 5.41) is 13.8. The van der Waals surface area contributed by atoms with Gasteiger partial charge in [-0.25, -0.2) is 0 Å². The number of anilines is 1. The van der Waals surface area contributed by atoms with Gasteiger partial charge in [-0.3, -0.25) is 10.1 Å². The van der Waals surface area contributed by atoms with Crippen LogP contribution in [0.25, 0.3) is 0 Å². The summed E-state index contributed by atoms with van der Waals surface area (Å²) >= 11 is 1.66. The molecule has 6 heteroatoms. The summed E-state index contributed by atoms with van der Waals surface area (Å²) in [4.78, 5) is 11.8. The van der Waals surface area contributed by atoms with Gasteiger partial charge in [0.25, 0.3) is 5.69 Å². The highest BCUT2D eigenvalue weighted by atomic mass is 32.2. The van der Waals surface area contributed by atoms with E-state index in [1.807, 2.05) is 36.6 Å². The van der Waals surface area contributed by atoms with E-state index in [1.54, 1.807) is 24.9 Å². The van der Waals surface area contributed by atoms with Crippen molar-refractivity contribution in [2.75, 3.05) is 18.6 Å². The van der Waals surface area contributed by atoms with Crippen molar-refractivity contribution in [1.82, 2.24) is 0 Å². The van der Waals surface area contributed by atoms with E-state index in [9.17, 15) is 10.1 Å². The van der Waals surface area contributed by atoms with Gasteiger partial charge < -0.3 is 10.1 Å². The molecule has 0 aliphatic heterocycles. The van der Waals surface area contributed by atoms with Gasteiger partial charge in [-0.2, -0.15) is 0 Å². The van der Waals surface area contributed by atoms with Crippen LogP contribution in [0.3, 0.4) is 0 Å². The maximum atomic E-state index is 11.0. The average molecular weight is 304 g/mol. The minimum Gasteiger partial charge on any atom is -0.489 e. The van der Waals surface area contributed by atoms with E-state index in [-0.39, 0.29) is 5.69 Å². The number of nitro benzene ring substituents is 1. The molecule has 0 unspecified atom stereocenters. The minimum atomic E-state index is -0.400. The lowest BCUT2D eigenvalue weighted by atomic mass is 10.2. The van der Waals surface area contributed by atoms with Crippen molar-refractivity contribution < 1.29 is 9.66 Å². The van der Waals surface area contributed by atoms with Crippen molar-refractivity contribution in [3.8, 4) is 5.75 Å². The van der Waals surface area contributed by atoms with Gasteiger partial charge in [0.2, 0.25) is 0 Å². The maximum Gasteiger partial charge on any atom is 0.292 e. The van der Waals surface area contributed by atoms with Crippen LogP contribution in [0.4, 0.5) is 11.4 Å². The number of nitro groups is 1. The summed E-state index contributed by atoms with van der Waals surface area (Å²) in [6.07, 6.45) is 2.01. The van der Waals surface area contributed by atoms with Crippen molar-refractivity contribution in [1.29, 1.82) is 0 Å². The molecule has 0 aromatic heterocycles. The van der Waals surface area contributed by atoms with E-state index in [1.165, 1.54) is 6.07 Å². The topological polar surface area (TPSA) is 64.4 Å². The van der Waals surface area contributed by atoms with Crippen LogP contribution in [0.2, 0.25) is 0 Å². The predicted molar refractivity (Wildman–Crippen MR) is 85.2 cm³/mol. The first-order valence-corrected chi connectivity index (χ1v) is 7.58. The standard InChI is InChI=1S/C15H16N2O3S/c1-16-14-8-3-11(9-15(14)17(18)19)10-20-12-4-6-13(21-2)7-5-12/h3-9,16H,10H2,1-2H3. The second-order valence-corrected chi connectivity index (χ2v) is 5.20. The lowest BCUT2D eigenvalue weighted by Gasteiger charge is -2.08. The number of benzene rings is 2. The smallest absolute Gasteiger partial charge is 0.292 e. The molecule has 0 spiro atoms. The highest BCUT2D eigenvalue weighted by molar-refractivity contribution is 7.98. The fourth-order valence-electron chi connectivity index (χ4n) is 1.87. The molecule has 2 aromatic carbocycles. The van der Waals surface area contributed by atoms with Crippen LogP contribution in [0.1, 0.15) is 5.56 Å². The summed E-state index contributed by atoms with van der Waals surface area (Å²) in [6.45, 7) is 0.295. The zero-order valence-corrected chi connectivity index (χ0v) is 12.6. The minimum absolute atomic E-state index is 0.0522. The zero-order chi connectivity index (χ0) is 15.2. The fraction of sp³-hybridized carbons (Fsp3) is 0.200. The van der Waals surface area contributed by atoms with Gasteiger partial charge in [0.05, 0.1) is 4.92 Å². The van der Waals surface area contributed by atoms with E-state index < -0.39 is 4.92 Å². The van der Waals surface area contributed by atoms with Crippen LogP contribution >= 0.6 is 11.8 Å². The largest absolute Gasteiger partial charge is 0.489 e. The molecule has 5 nitrogen and oxygen atoms in total. The quantitative estimate of drug-likeness (QED) is 0.497. The summed E-state index contributed by atoms with van der Waals surface area (Å²) in [5.74, 6) is 0.744. The molecule has 0 bridgehead atoms. The van der Waals surface area contributed by atoms with Gasteiger partial charge in [-0.1, -0.05) is 6.07 Å². The molecule has 0 saturated heterocycles. The first kappa shape index (κ1) is 15.2. The second kappa shape index (κ2) is 6.99. The molecule has 0 aliphatic rings. The van der Waals surface area contributed by atoms with Crippen molar-refractivity contribution in [2.24, 2.45) is 0 Å². The summed E-state index contributed by atoms with van der Waals surface area (Å²) in [6, 6.07) is 12.8. The number of nitrogens with zero attached hydrogens (tertiary/aromatic N) is 1. The van der Waals surface area contributed by atoms with Crippen LogP contribution in [-0.4, -0.2) is 18.2 Å².